The Labute approximate surface area is 99.0 Å². The van der Waals surface area contributed by atoms with Gasteiger partial charge < -0.3 is 5.32 Å². The fourth-order valence-corrected chi connectivity index (χ4v) is 3.11. The zero-order chi connectivity index (χ0) is 12.3. The third-order valence-corrected chi connectivity index (χ3v) is 4.67. The second-order valence-electron chi connectivity index (χ2n) is 4.93. The maximum Gasteiger partial charge on any atom is 0.281 e. The van der Waals surface area contributed by atoms with Crippen molar-refractivity contribution >= 4 is 10.2 Å². The number of piperazine rings is 1. The van der Waals surface area contributed by atoms with Gasteiger partial charge in [-0.1, -0.05) is 13.8 Å². The summed E-state index contributed by atoms with van der Waals surface area (Å²) in [7, 11) is -0.0856. The Morgan fingerprint density at radius 2 is 2.06 bits per heavy atom. The van der Waals surface area contributed by atoms with Crippen molar-refractivity contribution in [2.45, 2.75) is 26.3 Å². The van der Waals surface area contributed by atoms with Crippen LogP contribution < -0.4 is 5.32 Å². The molecule has 1 N–H and O–H groups in total. The molecular weight excluding hydrogens is 226 g/mol. The van der Waals surface area contributed by atoms with Crippen molar-refractivity contribution in [2.75, 3.05) is 33.7 Å². The Morgan fingerprint density at radius 3 is 2.56 bits per heavy atom. The molecule has 6 heteroatoms. The molecule has 0 spiro atoms. The van der Waals surface area contributed by atoms with Crippen molar-refractivity contribution in [3.05, 3.63) is 0 Å². The Bertz CT molecular complexity index is 314. The maximum atomic E-state index is 11.9. The van der Waals surface area contributed by atoms with Gasteiger partial charge in [-0.25, -0.2) is 0 Å². The van der Waals surface area contributed by atoms with Gasteiger partial charge >= 0.3 is 0 Å². The van der Waals surface area contributed by atoms with Crippen molar-refractivity contribution in [1.29, 1.82) is 0 Å². The molecule has 0 radical (unpaired) electrons. The SMILES string of the molecule is CC(C)CC1CN(S(=O)(=O)N(C)C)CCN1. The molecule has 1 unspecified atom stereocenters. The van der Waals surface area contributed by atoms with E-state index in [1.807, 2.05) is 0 Å². The van der Waals surface area contributed by atoms with E-state index in [1.165, 1.54) is 4.31 Å². The van der Waals surface area contributed by atoms with Gasteiger partial charge in [-0.3, -0.25) is 0 Å². The molecule has 5 nitrogen and oxygen atoms in total. The molecule has 0 saturated carbocycles. The van der Waals surface area contributed by atoms with Crippen LogP contribution in [0.3, 0.4) is 0 Å². The standard InChI is InChI=1S/C10H23N3O2S/c1-9(2)7-10-8-13(6-5-11-10)16(14,15)12(3)4/h9-11H,5-8H2,1-4H3. The number of rotatable bonds is 4. The molecule has 0 bridgehead atoms. The lowest BCUT2D eigenvalue weighted by atomic mass is 10.0. The molecule has 1 saturated heterocycles. The van der Waals surface area contributed by atoms with E-state index in [4.69, 9.17) is 0 Å². The highest BCUT2D eigenvalue weighted by atomic mass is 32.2. The van der Waals surface area contributed by atoms with E-state index in [0.29, 0.717) is 19.0 Å². The van der Waals surface area contributed by atoms with Gasteiger partial charge in [0.1, 0.15) is 0 Å². The molecule has 96 valence electrons. The average Bonchev–Trinajstić information content (AvgIpc) is 2.16. The third-order valence-electron chi connectivity index (χ3n) is 2.76. The van der Waals surface area contributed by atoms with Crippen LogP contribution in [0.1, 0.15) is 20.3 Å². The first kappa shape index (κ1) is 13.9. The minimum atomic E-state index is -3.24. The summed E-state index contributed by atoms with van der Waals surface area (Å²) < 4.78 is 26.7. The van der Waals surface area contributed by atoms with Crippen LogP contribution in [-0.2, 0) is 10.2 Å². The van der Waals surface area contributed by atoms with Crippen molar-refractivity contribution < 1.29 is 8.42 Å². The summed E-state index contributed by atoms with van der Waals surface area (Å²) in [6, 6.07) is 0.281. The number of nitrogens with one attached hydrogen (secondary N) is 1. The predicted molar refractivity (Wildman–Crippen MR) is 65.4 cm³/mol. The van der Waals surface area contributed by atoms with Gasteiger partial charge in [0.2, 0.25) is 0 Å². The zero-order valence-electron chi connectivity index (χ0n) is 10.6. The van der Waals surface area contributed by atoms with Crippen LogP contribution in [0.15, 0.2) is 0 Å². The zero-order valence-corrected chi connectivity index (χ0v) is 11.4. The van der Waals surface area contributed by atoms with Crippen LogP contribution >= 0.6 is 0 Å². The second-order valence-corrected chi connectivity index (χ2v) is 7.07. The number of nitrogens with zero attached hydrogens (tertiary/aromatic N) is 2. The molecule has 0 aromatic heterocycles. The molecule has 1 heterocycles. The number of hydrogen-bond donors (Lipinski definition) is 1. The lowest BCUT2D eigenvalue weighted by Crippen LogP contribution is -2.55. The van der Waals surface area contributed by atoms with Crippen LogP contribution in [0.4, 0.5) is 0 Å². The van der Waals surface area contributed by atoms with Crippen LogP contribution in [-0.4, -0.2) is 56.8 Å². The highest BCUT2D eigenvalue weighted by molar-refractivity contribution is 7.86. The fourth-order valence-electron chi connectivity index (χ4n) is 1.96. The molecule has 0 aromatic rings. The van der Waals surface area contributed by atoms with E-state index in [-0.39, 0.29) is 6.04 Å². The maximum absolute atomic E-state index is 11.9. The lowest BCUT2D eigenvalue weighted by Gasteiger charge is -2.34. The summed E-state index contributed by atoms with van der Waals surface area (Å²) in [5.74, 6) is 0.583. The predicted octanol–water partition coefficient (Wildman–Crippen LogP) is 0.113. The molecule has 0 aromatic carbocycles. The minimum absolute atomic E-state index is 0.281. The minimum Gasteiger partial charge on any atom is -0.311 e. The Balaban J connectivity index is 2.64. The van der Waals surface area contributed by atoms with E-state index >= 15 is 0 Å². The highest BCUT2D eigenvalue weighted by Gasteiger charge is 2.30. The summed E-state index contributed by atoms with van der Waals surface area (Å²) >= 11 is 0. The molecule has 1 rings (SSSR count). The second kappa shape index (κ2) is 5.44. The first-order valence-electron chi connectivity index (χ1n) is 5.75. The van der Waals surface area contributed by atoms with Crippen molar-refractivity contribution in [3.8, 4) is 0 Å². The van der Waals surface area contributed by atoms with E-state index < -0.39 is 10.2 Å². The third kappa shape index (κ3) is 3.41. The van der Waals surface area contributed by atoms with Gasteiger partial charge in [-0.05, 0) is 12.3 Å². The van der Waals surface area contributed by atoms with Crippen molar-refractivity contribution in [1.82, 2.24) is 13.9 Å². The molecule has 0 amide bonds. The number of hydrogen-bond acceptors (Lipinski definition) is 3. The Hall–Kier alpha value is -0.170. The van der Waals surface area contributed by atoms with Crippen LogP contribution in [0.25, 0.3) is 0 Å². The molecule has 1 aliphatic heterocycles. The van der Waals surface area contributed by atoms with Gasteiger partial charge in [-0.15, -0.1) is 0 Å². The Kier molecular flexibility index (Phi) is 4.73. The average molecular weight is 249 g/mol. The van der Waals surface area contributed by atoms with Crippen LogP contribution in [0.5, 0.6) is 0 Å². The molecule has 1 atom stereocenters. The van der Waals surface area contributed by atoms with Gasteiger partial charge in [0.25, 0.3) is 10.2 Å². The Morgan fingerprint density at radius 1 is 1.44 bits per heavy atom. The first-order valence-corrected chi connectivity index (χ1v) is 7.14. The van der Waals surface area contributed by atoms with Crippen molar-refractivity contribution in [3.63, 3.8) is 0 Å². The fraction of sp³-hybridized carbons (Fsp3) is 1.00. The van der Waals surface area contributed by atoms with Gasteiger partial charge in [0, 0.05) is 39.8 Å². The van der Waals surface area contributed by atoms with Gasteiger partial charge in [0.15, 0.2) is 0 Å². The topological polar surface area (TPSA) is 52.7 Å². The van der Waals surface area contributed by atoms with Crippen molar-refractivity contribution in [2.24, 2.45) is 5.92 Å². The van der Waals surface area contributed by atoms with Crippen LogP contribution in [0.2, 0.25) is 0 Å². The normalized spacial score (nSPS) is 24.2. The van der Waals surface area contributed by atoms with Gasteiger partial charge in [-0.2, -0.15) is 17.0 Å². The smallest absolute Gasteiger partial charge is 0.281 e. The molecular formula is C10H23N3O2S. The largest absolute Gasteiger partial charge is 0.311 e. The highest BCUT2D eigenvalue weighted by Crippen LogP contribution is 2.13. The molecule has 16 heavy (non-hydrogen) atoms. The van der Waals surface area contributed by atoms with E-state index in [1.54, 1.807) is 18.4 Å². The quantitative estimate of drug-likeness (QED) is 0.769. The summed E-state index contributed by atoms with van der Waals surface area (Å²) in [5, 5.41) is 3.37. The van der Waals surface area contributed by atoms with Gasteiger partial charge in [0.05, 0.1) is 0 Å². The monoisotopic (exact) mass is 249 g/mol. The lowest BCUT2D eigenvalue weighted by molar-refractivity contribution is 0.262. The first-order chi connectivity index (χ1) is 7.34. The molecule has 1 fully saturated rings. The summed E-state index contributed by atoms with van der Waals surface area (Å²) in [4.78, 5) is 0. The summed E-state index contributed by atoms with van der Waals surface area (Å²) in [6.45, 7) is 6.19. The van der Waals surface area contributed by atoms with E-state index in [0.717, 1.165) is 13.0 Å². The summed E-state index contributed by atoms with van der Waals surface area (Å²) in [5.41, 5.74) is 0. The van der Waals surface area contributed by atoms with E-state index in [9.17, 15) is 8.42 Å². The van der Waals surface area contributed by atoms with E-state index in [2.05, 4.69) is 19.2 Å². The van der Waals surface area contributed by atoms with Crippen LogP contribution in [0, 0.1) is 5.92 Å². The summed E-state index contributed by atoms with van der Waals surface area (Å²) in [6.07, 6.45) is 1.01. The molecule has 1 aliphatic rings. The molecule has 0 aliphatic carbocycles.